The minimum Gasteiger partial charge on any atom is -0.296 e. The van der Waals surface area contributed by atoms with E-state index in [0.29, 0.717) is 6.04 Å². The van der Waals surface area contributed by atoms with Gasteiger partial charge in [-0.3, -0.25) is 4.90 Å². The highest BCUT2D eigenvalue weighted by Crippen LogP contribution is 2.37. The molecule has 0 bridgehead atoms. The first-order valence-electron chi connectivity index (χ1n) is 10.5. The fourth-order valence-corrected chi connectivity index (χ4v) is 4.87. The van der Waals surface area contributed by atoms with Gasteiger partial charge in [0.25, 0.3) is 0 Å². The molecular formula is C25H35N. The summed E-state index contributed by atoms with van der Waals surface area (Å²) < 4.78 is 0. The van der Waals surface area contributed by atoms with Crippen molar-refractivity contribution in [2.45, 2.75) is 59.4 Å². The molecule has 140 valence electrons. The average molecular weight is 350 g/mol. The summed E-state index contributed by atoms with van der Waals surface area (Å²) in [6, 6.07) is 18.6. The van der Waals surface area contributed by atoms with E-state index in [4.69, 9.17) is 0 Å². The number of hydrogen-bond donors (Lipinski definition) is 0. The highest BCUT2D eigenvalue weighted by molar-refractivity contribution is 5.33. The molecule has 0 spiro atoms. The Morgan fingerprint density at radius 1 is 0.962 bits per heavy atom. The zero-order valence-electron chi connectivity index (χ0n) is 17.0. The number of hydrogen-bond acceptors (Lipinski definition) is 1. The molecule has 2 aromatic rings. The summed E-state index contributed by atoms with van der Waals surface area (Å²) in [5, 5.41) is 0. The fraction of sp³-hybridized carbons (Fsp3) is 0.520. The number of likely N-dealkylation sites (tertiary alicyclic amines) is 1. The van der Waals surface area contributed by atoms with Crippen molar-refractivity contribution in [2.24, 2.45) is 11.8 Å². The van der Waals surface area contributed by atoms with E-state index in [1.807, 2.05) is 0 Å². The Morgan fingerprint density at radius 2 is 1.69 bits per heavy atom. The number of aryl methyl sites for hydroxylation is 2. The Bertz CT molecular complexity index is 691. The van der Waals surface area contributed by atoms with Crippen molar-refractivity contribution in [1.29, 1.82) is 0 Å². The smallest absolute Gasteiger partial charge is 0.0348 e. The first kappa shape index (κ1) is 19.2. The van der Waals surface area contributed by atoms with E-state index in [9.17, 15) is 0 Å². The van der Waals surface area contributed by atoms with Gasteiger partial charge in [-0.05, 0) is 61.6 Å². The Kier molecular flexibility index (Phi) is 6.53. The minimum absolute atomic E-state index is 0.565. The normalized spacial score (nSPS) is 21.8. The van der Waals surface area contributed by atoms with Crippen LogP contribution in [0.5, 0.6) is 0 Å². The van der Waals surface area contributed by atoms with E-state index in [2.05, 4.69) is 81.1 Å². The molecule has 1 fully saturated rings. The molecule has 0 saturated carbocycles. The topological polar surface area (TPSA) is 3.24 Å². The van der Waals surface area contributed by atoms with Gasteiger partial charge in [0.2, 0.25) is 0 Å². The largest absolute Gasteiger partial charge is 0.296 e. The lowest BCUT2D eigenvalue weighted by Gasteiger charge is -2.29. The van der Waals surface area contributed by atoms with Crippen LogP contribution in [0.2, 0.25) is 0 Å². The first-order chi connectivity index (χ1) is 12.6. The van der Waals surface area contributed by atoms with E-state index in [-0.39, 0.29) is 0 Å². The number of benzene rings is 2. The Morgan fingerprint density at radius 3 is 2.38 bits per heavy atom. The second-order valence-electron chi connectivity index (χ2n) is 8.24. The molecule has 0 aliphatic carbocycles. The standard InChI is InChI=1S/C25H35N/c1-5-10-22-17-26(18-23(22)16-21-11-8-7-9-12-21)25(6-2)24-15-19(3)13-14-20(24)4/h7-9,11-15,22-23,25H,5-6,10,16-18H2,1-4H3. The van der Waals surface area contributed by atoms with Gasteiger partial charge in [-0.1, -0.05) is 74.4 Å². The van der Waals surface area contributed by atoms with Crippen molar-refractivity contribution in [1.82, 2.24) is 4.90 Å². The molecular weight excluding hydrogens is 314 g/mol. The van der Waals surface area contributed by atoms with Crippen LogP contribution in [0.25, 0.3) is 0 Å². The van der Waals surface area contributed by atoms with E-state index in [1.54, 1.807) is 5.56 Å². The lowest BCUT2D eigenvalue weighted by atomic mass is 9.87. The molecule has 1 heterocycles. The summed E-state index contributed by atoms with van der Waals surface area (Å²) in [4.78, 5) is 2.79. The highest BCUT2D eigenvalue weighted by Gasteiger charge is 2.35. The summed E-state index contributed by atoms with van der Waals surface area (Å²) >= 11 is 0. The predicted molar refractivity (Wildman–Crippen MR) is 113 cm³/mol. The van der Waals surface area contributed by atoms with Crippen LogP contribution in [0.3, 0.4) is 0 Å². The van der Waals surface area contributed by atoms with E-state index in [1.165, 1.54) is 55.5 Å². The van der Waals surface area contributed by atoms with Crippen molar-refractivity contribution in [3.8, 4) is 0 Å². The van der Waals surface area contributed by atoms with Crippen LogP contribution >= 0.6 is 0 Å². The van der Waals surface area contributed by atoms with Gasteiger partial charge in [0, 0.05) is 19.1 Å². The van der Waals surface area contributed by atoms with E-state index >= 15 is 0 Å². The zero-order chi connectivity index (χ0) is 18.5. The Labute approximate surface area is 160 Å². The molecule has 0 N–H and O–H groups in total. The molecule has 1 saturated heterocycles. The third-order valence-corrected chi connectivity index (χ3v) is 6.23. The zero-order valence-corrected chi connectivity index (χ0v) is 17.0. The van der Waals surface area contributed by atoms with Gasteiger partial charge in [0.15, 0.2) is 0 Å². The maximum atomic E-state index is 2.79. The monoisotopic (exact) mass is 349 g/mol. The molecule has 1 aliphatic heterocycles. The lowest BCUT2D eigenvalue weighted by Crippen LogP contribution is -2.27. The summed E-state index contributed by atoms with van der Waals surface area (Å²) in [7, 11) is 0. The Hall–Kier alpha value is -1.60. The van der Waals surface area contributed by atoms with Gasteiger partial charge in [0.1, 0.15) is 0 Å². The highest BCUT2D eigenvalue weighted by atomic mass is 15.2. The van der Waals surface area contributed by atoms with Gasteiger partial charge in [-0.25, -0.2) is 0 Å². The molecule has 0 radical (unpaired) electrons. The van der Waals surface area contributed by atoms with Crippen molar-refractivity contribution < 1.29 is 0 Å². The second kappa shape index (κ2) is 8.86. The van der Waals surface area contributed by atoms with Crippen molar-refractivity contribution >= 4 is 0 Å². The third-order valence-electron chi connectivity index (χ3n) is 6.23. The summed E-state index contributed by atoms with van der Waals surface area (Å²) in [5.74, 6) is 1.62. The van der Waals surface area contributed by atoms with Crippen LogP contribution in [0.15, 0.2) is 48.5 Å². The van der Waals surface area contributed by atoms with Crippen LogP contribution in [0.1, 0.15) is 61.4 Å². The average Bonchev–Trinajstić information content (AvgIpc) is 3.02. The summed E-state index contributed by atoms with van der Waals surface area (Å²) in [6.07, 6.45) is 5.08. The molecule has 1 aliphatic rings. The SMILES string of the molecule is CCCC1CN(C(CC)c2cc(C)ccc2C)CC1Cc1ccccc1. The molecule has 0 amide bonds. The molecule has 1 nitrogen and oxygen atoms in total. The first-order valence-corrected chi connectivity index (χ1v) is 10.5. The van der Waals surface area contributed by atoms with E-state index < -0.39 is 0 Å². The predicted octanol–water partition coefficient (Wildman–Crippen LogP) is 6.35. The van der Waals surface area contributed by atoms with Crippen molar-refractivity contribution in [2.75, 3.05) is 13.1 Å². The van der Waals surface area contributed by atoms with Crippen molar-refractivity contribution in [3.05, 3.63) is 70.8 Å². The minimum atomic E-state index is 0.565. The van der Waals surface area contributed by atoms with Crippen LogP contribution in [0.4, 0.5) is 0 Å². The van der Waals surface area contributed by atoms with Gasteiger partial charge in [0.05, 0.1) is 0 Å². The maximum Gasteiger partial charge on any atom is 0.0348 e. The summed E-state index contributed by atoms with van der Waals surface area (Å²) in [5.41, 5.74) is 5.87. The Balaban J connectivity index is 1.80. The fourth-order valence-electron chi connectivity index (χ4n) is 4.87. The van der Waals surface area contributed by atoms with Crippen molar-refractivity contribution in [3.63, 3.8) is 0 Å². The van der Waals surface area contributed by atoms with Gasteiger partial charge >= 0.3 is 0 Å². The van der Waals surface area contributed by atoms with Gasteiger partial charge in [-0.2, -0.15) is 0 Å². The van der Waals surface area contributed by atoms with Gasteiger partial charge in [-0.15, -0.1) is 0 Å². The molecule has 3 unspecified atom stereocenters. The third kappa shape index (κ3) is 4.38. The molecule has 1 heteroatoms. The molecule has 3 rings (SSSR count). The quantitative estimate of drug-likeness (QED) is 0.563. The molecule has 2 aromatic carbocycles. The van der Waals surface area contributed by atoms with Crippen LogP contribution in [0, 0.1) is 25.7 Å². The number of nitrogens with zero attached hydrogens (tertiary/aromatic N) is 1. The van der Waals surface area contributed by atoms with E-state index in [0.717, 1.165) is 11.8 Å². The molecule has 0 aromatic heterocycles. The van der Waals surface area contributed by atoms with Crippen LogP contribution in [-0.4, -0.2) is 18.0 Å². The summed E-state index contributed by atoms with van der Waals surface area (Å²) in [6.45, 7) is 11.7. The number of rotatable bonds is 7. The molecule has 3 atom stereocenters. The second-order valence-corrected chi connectivity index (χ2v) is 8.24. The van der Waals surface area contributed by atoms with Crippen LogP contribution < -0.4 is 0 Å². The van der Waals surface area contributed by atoms with Crippen LogP contribution in [-0.2, 0) is 6.42 Å². The van der Waals surface area contributed by atoms with Gasteiger partial charge < -0.3 is 0 Å². The molecule has 26 heavy (non-hydrogen) atoms. The maximum absolute atomic E-state index is 2.79. The lowest BCUT2D eigenvalue weighted by molar-refractivity contribution is 0.225.